The maximum atomic E-state index is 13.8. The van der Waals surface area contributed by atoms with E-state index in [0.717, 1.165) is 43.6 Å². The minimum atomic E-state index is -0.771. The summed E-state index contributed by atoms with van der Waals surface area (Å²) in [6, 6.07) is 22.2. The average Bonchev–Trinajstić information content (AvgIpc) is 3.12. The van der Waals surface area contributed by atoms with Crippen LogP contribution in [0.1, 0.15) is 57.5 Å². The molecule has 250 valence electrons. The Balaban J connectivity index is 1.24. The van der Waals surface area contributed by atoms with E-state index in [-0.39, 0.29) is 18.5 Å². The third-order valence-corrected chi connectivity index (χ3v) is 9.97. The molecule has 0 radical (unpaired) electrons. The number of pyridine rings is 1. The van der Waals surface area contributed by atoms with Gasteiger partial charge in [0.25, 0.3) is 0 Å². The van der Waals surface area contributed by atoms with Crippen LogP contribution in [0.5, 0.6) is 11.5 Å². The van der Waals surface area contributed by atoms with Gasteiger partial charge < -0.3 is 18.9 Å². The number of rotatable bonds is 12. The predicted octanol–water partition coefficient (Wildman–Crippen LogP) is 7.51. The highest BCUT2D eigenvalue weighted by atomic mass is 35.5. The van der Waals surface area contributed by atoms with E-state index in [4.69, 9.17) is 42.1 Å². The second-order valence-corrected chi connectivity index (χ2v) is 13.1. The number of fused-ring (bicyclic) bond motifs is 3. The fourth-order valence-corrected chi connectivity index (χ4v) is 7.17. The molecule has 3 aromatic carbocycles. The number of nitrogens with zero attached hydrogens (tertiary/aromatic N) is 2. The maximum absolute atomic E-state index is 13.8. The van der Waals surface area contributed by atoms with Crippen molar-refractivity contribution in [2.45, 2.75) is 43.8 Å². The Labute approximate surface area is 290 Å². The van der Waals surface area contributed by atoms with Crippen LogP contribution in [-0.4, -0.2) is 61.8 Å². The first-order chi connectivity index (χ1) is 23.3. The van der Waals surface area contributed by atoms with Gasteiger partial charge in [0.2, 0.25) is 0 Å². The first-order valence-electron chi connectivity index (χ1n) is 16.1. The van der Waals surface area contributed by atoms with E-state index >= 15 is 0 Å². The van der Waals surface area contributed by atoms with Crippen molar-refractivity contribution in [1.29, 1.82) is 0 Å². The van der Waals surface area contributed by atoms with Crippen LogP contribution >= 0.6 is 23.2 Å². The highest BCUT2D eigenvalue weighted by molar-refractivity contribution is 6.35. The van der Waals surface area contributed by atoms with E-state index in [0.29, 0.717) is 50.6 Å². The molecule has 3 saturated heterocycles. The summed E-state index contributed by atoms with van der Waals surface area (Å²) in [5.41, 5.74) is 3.30. The molecule has 10 heteroatoms. The number of ether oxygens (including phenoxy) is 4. The molecule has 0 N–H and O–H groups in total. The van der Waals surface area contributed by atoms with Crippen LogP contribution < -0.4 is 9.47 Å². The summed E-state index contributed by atoms with van der Waals surface area (Å²) in [5, 5.41) is 0.728. The molecule has 3 aliphatic rings. The van der Waals surface area contributed by atoms with E-state index in [1.807, 2.05) is 42.5 Å². The van der Waals surface area contributed by atoms with Gasteiger partial charge in [-0.3, -0.25) is 14.7 Å². The molecular formula is C38H38Cl2N2O6. The second-order valence-electron chi connectivity index (χ2n) is 12.3. The Hall–Kier alpha value is -4.11. The minimum Gasteiger partial charge on any atom is -0.493 e. The topological polar surface area (TPSA) is 87.2 Å². The van der Waals surface area contributed by atoms with Crippen molar-refractivity contribution in [3.05, 3.63) is 123 Å². The highest BCUT2D eigenvalue weighted by Gasteiger charge is 2.38. The summed E-state index contributed by atoms with van der Waals surface area (Å²) in [6.45, 7) is 2.93. The van der Waals surface area contributed by atoms with Crippen LogP contribution in [0.2, 0.25) is 10.0 Å². The van der Waals surface area contributed by atoms with Gasteiger partial charge in [0.05, 0.1) is 35.7 Å². The minimum absolute atomic E-state index is 0.0940. The molecule has 2 bridgehead atoms. The van der Waals surface area contributed by atoms with E-state index in [2.05, 4.69) is 9.88 Å². The third-order valence-electron chi connectivity index (χ3n) is 9.32. The fourth-order valence-electron chi connectivity index (χ4n) is 6.66. The van der Waals surface area contributed by atoms with Crippen molar-refractivity contribution in [3.63, 3.8) is 0 Å². The summed E-state index contributed by atoms with van der Waals surface area (Å²) in [4.78, 5) is 34.0. The Bertz CT molecular complexity index is 1720. The summed E-state index contributed by atoms with van der Waals surface area (Å²) >= 11 is 12.9. The van der Waals surface area contributed by atoms with Crippen LogP contribution in [0.4, 0.5) is 0 Å². The second kappa shape index (κ2) is 15.4. The zero-order chi connectivity index (χ0) is 33.6. The molecule has 0 amide bonds. The third kappa shape index (κ3) is 7.78. The molecule has 0 spiro atoms. The first-order valence-corrected chi connectivity index (χ1v) is 16.9. The first kappa shape index (κ1) is 33.8. The molecule has 3 atom stereocenters. The summed E-state index contributed by atoms with van der Waals surface area (Å²) < 4.78 is 23.3. The Morgan fingerprint density at radius 1 is 0.854 bits per heavy atom. The smallest absolute Gasteiger partial charge is 0.338 e. The Morgan fingerprint density at radius 2 is 1.58 bits per heavy atom. The van der Waals surface area contributed by atoms with E-state index in [9.17, 15) is 9.59 Å². The summed E-state index contributed by atoms with van der Waals surface area (Å²) in [6.07, 6.45) is 4.82. The number of hydrogen-bond donors (Lipinski definition) is 0. The lowest BCUT2D eigenvalue weighted by Gasteiger charge is -2.44. The molecule has 8 nitrogen and oxygen atoms in total. The number of carbonyl (C=O) groups excluding carboxylic acids is 2. The van der Waals surface area contributed by atoms with Crippen molar-refractivity contribution < 1.29 is 28.5 Å². The normalized spacial score (nSPS) is 19.6. The van der Waals surface area contributed by atoms with Crippen LogP contribution in [0, 0.1) is 5.92 Å². The Morgan fingerprint density at radius 3 is 2.25 bits per heavy atom. The van der Waals surface area contributed by atoms with E-state index in [1.54, 1.807) is 44.6 Å². The standard InChI is InChI=1S/C38H38Cl2N2O6/c1-45-33-12-11-27(19-35(33)46-2)34(20-30-31(39)21-41-22-32(30)40)47-37(43)28-10-6-7-24(17-28)18-29(25-8-4-3-5-9-25)38(44)48-36-23-42-15-13-26(36)14-16-42/h3-12,17,19,21-22,26,29,34,36H,13-16,18,20,23H2,1-2H3/t29?,34-,36-/m0/s1. The van der Waals surface area contributed by atoms with Gasteiger partial charge in [-0.15, -0.1) is 0 Å². The number of benzene rings is 3. The predicted molar refractivity (Wildman–Crippen MR) is 184 cm³/mol. The fraction of sp³-hybridized carbons (Fsp3) is 0.342. The van der Waals surface area contributed by atoms with Crippen molar-refractivity contribution in [2.24, 2.45) is 5.92 Å². The molecule has 7 rings (SSSR count). The van der Waals surface area contributed by atoms with Gasteiger partial charge in [-0.25, -0.2) is 4.79 Å². The maximum Gasteiger partial charge on any atom is 0.338 e. The van der Waals surface area contributed by atoms with Crippen molar-refractivity contribution >= 4 is 35.1 Å². The van der Waals surface area contributed by atoms with E-state index in [1.165, 1.54) is 12.4 Å². The molecule has 48 heavy (non-hydrogen) atoms. The van der Waals surface area contributed by atoms with Crippen molar-refractivity contribution in [2.75, 3.05) is 33.9 Å². The SMILES string of the molecule is COc1ccc([C@H](Cc2c(Cl)cncc2Cl)OC(=O)c2cccc(CC(C(=O)O[C@H]3CN4CCC3CC4)c3ccccc3)c2)cc1OC. The van der Waals surface area contributed by atoms with Gasteiger partial charge in [-0.2, -0.15) is 0 Å². The quantitative estimate of drug-likeness (QED) is 0.141. The molecule has 4 heterocycles. The van der Waals surface area contributed by atoms with Gasteiger partial charge in [0, 0.05) is 25.4 Å². The van der Waals surface area contributed by atoms with Crippen molar-refractivity contribution in [1.82, 2.24) is 9.88 Å². The highest BCUT2D eigenvalue weighted by Crippen LogP contribution is 2.36. The molecule has 4 aromatic rings. The molecule has 3 aliphatic heterocycles. The van der Waals surface area contributed by atoms with Gasteiger partial charge in [-0.05, 0) is 84.8 Å². The largest absolute Gasteiger partial charge is 0.493 e. The van der Waals surface area contributed by atoms with E-state index < -0.39 is 18.0 Å². The lowest BCUT2D eigenvalue weighted by atomic mass is 9.85. The number of piperidine rings is 3. The average molecular weight is 690 g/mol. The van der Waals surface area contributed by atoms with Crippen molar-refractivity contribution in [3.8, 4) is 11.5 Å². The van der Waals surface area contributed by atoms with Crippen LogP contribution in [0.3, 0.4) is 0 Å². The molecule has 1 unspecified atom stereocenters. The molecule has 0 aliphatic carbocycles. The number of aromatic nitrogens is 1. The molecule has 0 saturated carbocycles. The number of esters is 2. The Kier molecular flexibility index (Phi) is 10.8. The monoisotopic (exact) mass is 688 g/mol. The lowest BCUT2D eigenvalue weighted by Crippen LogP contribution is -2.52. The zero-order valence-corrected chi connectivity index (χ0v) is 28.5. The van der Waals surface area contributed by atoms with Gasteiger partial charge in [-0.1, -0.05) is 71.7 Å². The van der Waals surface area contributed by atoms with Gasteiger partial charge >= 0.3 is 11.9 Å². The summed E-state index contributed by atoms with van der Waals surface area (Å²) in [5.74, 6) is 0.130. The number of hydrogen-bond acceptors (Lipinski definition) is 8. The zero-order valence-electron chi connectivity index (χ0n) is 26.9. The summed E-state index contributed by atoms with van der Waals surface area (Å²) in [7, 11) is 3.10. The molecule has 3 fully saturated rings. The van der Waals surface area contributed by atoms with Gasteiger partial charge in [0.1, 0.15) is 12.2 Å². The number of carbonyl (C=O) groups is 2. The van der Waals surface area contributed by atoms with Gasteiger partial charge in [0.15, 0.2) is 11.5 Å². The lowest BCUT2D eigenvalue weighted by molar-refractivity contribution is -0.160. The number of halogens is 2. The van der Waals surface area contributed by atoms with Crippen LogP contribution in [0.15, 0.2) is 85.2 Å². The molecular weight excluding hydrogens is 651 g/mol. The molecule has 1 aromatic heterocycles. The van der Waals surface area contributed by atoms with Crippen LogP contribution in [-0.2, 0) is 27.1 Å². The number of methoxy groups -OCH3 is 2. The van der Waals surface area contributed by atoms with Crippen LogP contribution in [0.25, 0.3) is 0 Å².